The first-order valence-electron chi connectivity index (χ1n) is 4.10. The highest BCUT2D eigenvalue weighted by Crippen LogP contribution is 2.10. The monoisotopic (exact) mass is 163 g/mol. The maximum atomic E-state index is 6.99. The van der Waals surface area contributed by atoms with E-state index in [9.17, 15) is 0 Å². The first kappa shape index (κ1) is 8.78. The Kier molecular flexibility index (Phi) is 3.33. The molecule has 0 radical (unpaired) electrons. The number of nitrogens with one attached hydrogen (secondary N) is 1. The van der Waals surface area contributed by atoms with E-state index in [4.69, 9.17) is 10.1 Å². The van der Waals surface area contributed by atoms with Gasteiger partial charge in [-0.15, -0.1) is 0 Å². The second kappa shape index (κ2) is 4.54. The second-order valence-corrected chi connectivity index (χ2v) is 2.56. The minimum absolute atomic E-state index is 0.754. The number of hydrogen-bond acceptors (Lipinski definition) is 2. The maximum Gasteiger partial charge on any atom is 0.119 e. The summed E-state index contributed by atoms with van der Waals surface area (Å²) in [6.45, 7) is 2.83. The standard InChI is InChI=1S/C10H13NO/c1-2-7-12-10-5-3-9(8-11)4-6-10/h3-6,8,11H,2,7H2,1H3. The van der Waals surface area contributed by atoms with Crippen molar-refractivity contribution in [1.82, 2.24) is 0 Å². The number of ether oxygens (including phenoxy) is 1. The molecule has 0 unspecified atom stereocenters. The van der Waals surface area contributed by atoms with Crippen molar-refractivity contribution in [3.05, 3.63) is 29.8 Å². The zero-order chi connectivity index (χ0) is 8.81. The summed E-state index contributed by atoms with van der Waals surface area (Å²) in [5.41, 5.74) is 0.902. The fourth-order valence-electron chi connectivity index (χ4n) is 0.880. The van der Waals surface area contributed by atoms with Gasteiger partial charge < -0.3 is 10.1 Å². The van der Waals surface area contributed by atoms with Crippen LogP contribution in [0.2, 0.25) is 0 Å². The van der Waals surface area contributed by atoms with Gasteiger partial charge in [-0.05, 0) is 36.2 Å². The predicted octanol–water partition coefficient (Wildman–Crippen LogP) is 2.47. The van der Waals surface area contributed by atoms with E-state index in [1.165, 1.54) is 6.21 Å². The van der Waals surface area contributed by atoms with Crippen molar-refractivity contribution in [1.29, 1.82) is 5.41 Å². The summed E-state index contributed by atoms with van der Waals surface area (Å²) in [5, 5.41) is 6.99. The molecule has 1 aromatic rings. The highest BCUT2D eigenvalue weighted by atomic mass is 16.5. The third-order valence-electron chi connectivity index (χ3n) is 1.52. The Balaban J connectivity index is 2.58. The molecule has 0 aliphatic heterocycles. The molecule has 0 amide bonds. The molecule has 0 aliphatic rings. The third kappa shape index (κ3) is 2.38. The van der Waals surface area contributed by atoms with Crippen LogP contribution in [-0.4, -0.2) is 12.8 Å². The van der Waals surface area contributed by atoms with Crippen LogP contribution in [0.15, 0.2) is 24.3 Å². The number of hydrogen-bond donors (Lipinski definition) is 1. The molecule has 0 fully saturated rings. The van der Waals surface area contributed by atoms with Gasteiger partial charge in [0.15, 0.2) is 0 Å². The average Bonchev–Trinajstić information content (AvgIpc) is 2.15. The van der Waals surface area contributed by atoms with Crippen molar-refractivity contribution >= 4 is 6.21 Å². The molecule has 12 heavy (non-hydrogen) atoms. The highest BCUT2D eigenvalue weighted by molar-refractivity contribution is 5.76. The molecule has 0 heterocycles. The molecular weight excluding hydrogens is 150 g/mol. The van der Waals surface area contributed by atoms with Crippen LogP contribution in [0, 0.1) is 5.41 Å². The van der Waals surface area contributed by atoms with Crippen molar-refractivity contribution in [3.63, 3.8) is 0 Å². The summed E-state index contributed by atoms with van der Waals surface area (Å²) < 4.78 is 5.38. The van der Waals surface area contributed by atoms with Gasteiger partial charge in [-0.2, -0.15) is 0 Å². The Morgan fingerprint density at radius 1 is 1.33 bits per heavy atom. The summed E-state index contributed by atoms with van der Waals surface area (Å²) in [7, 11) is 0. The number of rotatable bonds is 4. The first-order chi connectivity index (χ1) is 5.86. The molecule has 0 aliphatic carbocycles. The van der Waals surface area contributed by atoms with Crippen LogP contribution in [0.3, 0.4) is 0 Å². The zero-order valence-electron chi connectivity index (χ0n) is 7.21. The van der Waals surface area contributed by atoms with Crippen molar-refractivity contribution < 1.29 is 4.74 Å². The van der Waals surface area contributed by atoms with Crippen molar-refractivity contribution in [2.75, 3.05) is 6.61 Å². The van der Waals surface area contributed by atoms with Crippen molar-refractivity contribution in [3.8, 4) is 5.75 Å². The average molecular weight is 163 g/mol. The fraction of sp³-hybridized carbons (Fsp3) is 0.300. The lowest BCUT2D eigenvalue weighted by Gasteiger charge is -2.03. The lowest BCUT2D eigenvalue weighted by atomic mass is 10.2. The predicted molar refractivity (Wildman–Crippen MR) is 50.1 cm³/mol. The van der Waals surface area contributed by atoms with Gasteiger partial charge >= 0.3 is 0 Å². The van der Waals surface area contributed by atoms with Gasteiger partial charge in [0.2, 0.25) is 0 Å². The quantitative estimate of drug-likeness (QED) is 0.679. The van der Waals surface area contributed by atoms with Crippen LogP contribution >= 0.6 is 0 Å². The normalized spacial score (nSPS) is 9.42. The Bertz CT molecular complexity index is 241. The topological polar surface area (TPSA) is 33.1 Å². The van der Waals surface area contributed by atoms with Crippen LogP contribution < -0.4 is 4.74 Å². The van der Waals surface area contributed by atoms with E-state index in [0.717, 1.165) is 24.3 Å². The van der Waals surface area contributed by atoms with Gasteiger partial charge in [-0.25, -0.2) is 0 Å². The number of benzene rings is 1. The van der Waals surface area contributed by atoms with E-state index < -0.39 is 0 Å². The molecule has 64 valence electrons. The van der Waals surface area contributed by atoms with Crippen molar-refractivity contribution in [2.24, 2.45) is 0 Å². The van der Waals surface area contributed by atoms with E-state index in [1.807, 2.05) is 24.3 Å². The Hall–Kier alpha value is -1.31. The molecule has 2 nitrogen and oxygen atoms in total. The van der Waals surface area contributed by atoms with Crippen LogP contribution in [0.25, 0.3) is 0 Å². The molecule has 0 bridgehead atoms. The van der Waals surface area contributed by atoms with Crippen LogP contribution in [0.5, 0.6) is 5.75 Å². The largest absolute Gasteiger partial charge is 0.494 e. The molecule has 1 aromatic carbocycles. The zero-order valence-corrected chi connectivity index (χ0v) is 7.21. The maximum absolute atomic E-state index is 6.99. The Morgan fingerprint density at radius 2 is 2.00 bits per heavy atom. The highest BCUT2D eigenvalue weighted by Gasteiger charge is 1.91. The molecule has 1 N–H and O–H groups in total. The minimum atomic E-state index is 0.754. The van der Waals surface area contributed by atoms with Gasteiger partial charge in [0.05, 0.1) is 6.61 Å². The van der Waals surface area contributed by atoms with Gasteiger partial charge in [0.25, 0.3) is 0 Å². The fourth-order valence-corrected chi connectivity index (χ4v) is 0.880. The van der Waals surface area contributed by atoms with Gasteiger partial charge in [0, 0.05) is 6.21 Å². The lowest BCUT2D eigenvalue weighted by Crippen LogP contribution is -1.94. The van der Waals surface area contributed by atoms with Crippen LogP contribution in [0.4, 0.5) is 0 Å². The molecule has 2 heteroatoms. The smallest absolute Gasteiger partial charge is 0.119 e. The van der Waals surface area contributed by atoms with Crippen LogP contribution in [-0.2, 0) is 0 Å². The van der Waals surface area contributed by atoms with E-state index in [0.29, 0.717) is 0 Å². The summed E-state index contributed by atoms with van der Waals surface area (Å²) in [5.74, 6) is 0.877. The summed E-state index contributed by atoms with van der Waals surface area (Å²) in [6.07, 6.45) is 2.34. The van der Waals surface area contributed by atoms with E-state index in [-0.39, 0.29) is 0 Å². The van der Waals surface area contributed by atoms with Gasteiger partial charge in [-0.1, -0.05) is 6.92 Å². The Morgan fingerprint density at radius 3 is 2.50 bits per heavy atom. The van der Waals surface area contributed by atoms with Crippen LogP contribution in [0.1, 0.15) is 18.9 Å². The molecule has 0 saturated heterocycles. The minimum Gasteiger partial charge on any atom is -0.494 e. The van der Waals surface area contributed by atoms with Gasteiger partial charge in [-0.3, -0.25) is 0 Å². The SMILES string of the molecule is CCCOc1ccc(C=N)cc1. The van der Waals surface area contributed by atoms with E-state index >= 15 is 0 Å². The molecule has 1 rings (SSSR count). The molecule has 0 saturated carbocycles. The Labute approximate surface area is 72.7 Å². The molecule has 0 atom stereocenters. The summed E-state index contributed by atoms with van der Waals surface area (Å²) in [6, 6.07) is 7.52. The molecule has 0 spiro atoms. The summed E-state index contributed by atoms with van der Waals surface area (Å²) >= 11 is 0. The third-order valence-corrected chi connectivity index (χ3v) is 1.52. The van der Waals surface area contributed by atoms with Crippen molar-refractivity contribution in [2.45, 2.75) is 13.3 Å². The first-order valence-corrected chi connectivity index (χ1v) is 4.10. The molecule has 0 aromatic heterocycles. The van der Waals surface area contributed by atoms with Gasteiger partial charge in [0.1, 0.15) is 5.75 Å². The molecular formula is C10H13NO. The second-order valence-electron chi connectivity index (χ2n) is 2.56. The van der Waals surface area contributed by atoms with E-state index in [1.54, 1.807) is 0 Å². The summed E-state index contributed by atoms with van der Waals surface area (Å²) in [4.78, 5) is 0. The lowest BCUT2D eigenvalue weighted by molar-refractivity contribution is 0.317. The van der Waals surface area contributed by atoms with E-state index in [2.05, 4.69) is 6.92 Å².